The molecule has 0 fully saturated rings. The summed E-state index contributed by atoms with van der Waals surface area (Å²) in [5, 5.41) is 9.74. The van der Waals surface area contributed by atoms with Gasteiger partial charge in [-0.15, -0.1) is 0 Å². The van der Waals surface area contributed by atoms with E-state index in [0.29, 0.717) is 23.1 Å². The minimum Gasteiger partial charge on any atom is -0.481 e. The second-order valence-corrected chi connectivity index (χ2v) is 4.22. The summed E-state index contributed by atoms with van der Waals surface area (Å²) in [5.74, 6) is -0.813. The molecule has 0 bridgehead atoms. The summed E-state index contributed by atoms with van der Waals surface area (Å²) in [7, 11) is 0. The van der Waals surface area contributed by atoms with E-state index in [1.807, 2.05) is 11.8 Å². The fourth-order valence-corrected chi connectivity index (χ4v) is 1.94. The van der Waals surface area contributed by atoms with Gasteiger partial charge in [-0.3, -0.25) is 4.79 Å². The summed E-state index contributed by atoms with van der Waals surface area (Å²) in [5.41, 5.74) is 0.848. The third-order valence-corrected chi connectivity index (χ3v) is 2.63. The number of carboxylic acids is 1. The van der Waals surface area contributed by atoms with E-state index < -0.39 is 5.97 Å². The zero-order valence-electron chi connectivity index (χ0n) is 8.91. The minimum atomic E-state index is -0.813. The van der Waals surface area contributed by atoms with Gasteiger partial charge in [-0.2, -0.15) is 0 Å². The fourth-order valence-electron chi connectivity index (χ4n) is 1.42. The third kappa shape index (κ3) is 3.91. The Kier molecular flexibility index (Phi) is 4.90. The van der Waals surface area contributed by atoms with Crippen molar-refractivity contribution in [1.82, 2.24) is 0 Å². The van der Waals surface area contributed by atoms with Crippen molar-refractivity contribution in [2.75, 3.05) is 18.0 Å². The minimum absolute atomic E-state index is 0.0952. The maximum atomic E-state index is 10.5. The monoisotopic (exact) mass is 261 g/mol. The van der Waals surface area contributed by atoms with Crippen LogP contribution in [0.15, 0.2) is 18.2 Å². The summed E-state index contributed by atoms with van der Waals surface area (Å²) >= 11 is 11.8. The summed E-state index contributed by atoms with van der Waals surface area (Å²) in [6.45, 7) is 3.11. The van der Waals surface area contributed by atoms with Gasteiger partial charge in [-0.25, -0.2) is 0 Å². The first-order chi connectivity index (χ1) is 7.52. The van der Waals surface area contributed by atoms with Crippen LogP contribution >= 0.6 is 23.2 Å². The first-order valence-corrected chi connectivity index (χ1v) is 5.71. The number of aliphatic carboxylic acids is 1. The highest BCUT2D eigenvalue weighted by atomic mass is 35.5. The molecular weight excluding hydrogens is 249 g/mol. The Balaban J connectivity index is 2.81. The Labute approximate surface area is 105 Å². The number of hydrogen-bond donors (Lipinski definition) is 1. The summed E-state index contributed by atoms with van der Waals surface area (Å²) in [4.78, 5) is 12.4. The van der Waals surface area contributed by atoms with Gasteiger partial charge in [-0.1, -0.05) is 23.2 Å². The van der Waals surface area contributed by atoms with Crippen LogP contribution in [-0.2, 0) is 4.79 Å². The molecular formula is C11H13Cl2NO2. The molecule has 0 saturated carbocycles. The maximum Gasteiger partial charge on any atom is 0.305 e. The van der Waals surface area contributed by atoms with Crippen molar-refractivity contribution in [3.05, 3.63) is 28.2 Å². The average Bonchev–Trinajstić information content (AvgIpc) is 2.16. The van der Waals surface area contributed by atoms with Crippen LogP contribution in [0.1, 0.15) is 13.3 Å². The van der Waals surface area contributed by atoms with Crippen LogP contribution < -0.4 is 4.90 Å². The van der Waals surface area contributed by atoms with Gasteiger partial charge in [0.2, 0.25) is 0 Å². The third-order valence-electron chi connectivity index (χ3n) is 2.19. The largest absolute Gasteiger partial charge is 0.481 e. The second-order valence-electron chi connectivity index (χ2n) is 3.35. The maximum absolute atomic E-state index is 10.5. The lowest BCUT2D eigenvalue weighted by Crippen LogP contribution is -2.25. The highest BCUT2D eigenvalue weighted by Gasteiger charge is 2.08. The summed E-state index contributed by atoms with van der Waals surface area (Å²) in [6.07, 6.45) is 0.0952. The number of carboxylic acid groups (broad SMARTS) is 1. The number of anilines is 1. The van der Waals surface area contributed by atoms with Crippen LogP contribution in [0.4, 0.5) is 5.69 Å². The molecule has 1 N–H and O–H groups in total. The van der Waals surface area contributed by atoms with E-state index in [9.17, 15) is 4.79 Å². The van der Waals surface area contributed by atoms with Gasteiger partial charge in [0.1, 0.15) is 0 Å². The lowest BCUT2D eigenvalue weighted by atomic mass is 10.2. The predicted octanol–water partition coefficient (Wildman–Crippen LogP) is 3.29. The molecule has 0 heterocycles. The second kappa shape index (κ2) is 5.97. The van der Waals surface area contributed by atoms with Crippen molar-refractivity contribution in [1.29, 1.82) is 0 Å². The van der Waals surface area contributed by atoms with Gasteiger partial charge >= 0.3 is 5.97 Å². The van der Waals surface area contributed by atoms with Crippen molar-refractivity contribution in [2.45, 2.75) is 13.3 Å². The number of hydrogen-bond acceptors (Lipinski definition) is 2. The standard InChI is InChI=1S/C11H13Cl2NO2/c1-2-14(4-3-11(15)16)10-6-8(12)5-9(13)7-10/h5-7H,2-4H2,1H3,(H,15,16). The Morgan fingerprint density at radius 2 is 1.88 bits per heavy atom. The first kappa shape index (κ1) is 13.1. The molecule has 88 valence electrons. The quantitative estimate of drug-likeness (QED) is 0.885. The van der Waals surface area contributed by atoms with Crippen LogP contribution in [-0.4, -0.2) is 24.2 Å². The van der Waals surface area contributed by atoms with Crippen LogP contribution in [0.25, 0.3) is 0 Å². The number of carbonyl (C=O) groups is 1. The van der Waals surface area contributed by atoms with E-state index >= 15 is 0 Å². The average molecular weight is 262 g/mol. The molecule has 0 aliphatic rings. The van der Waals surface area contributed by atoms with Crippen molar-refractivity contribution >= 4 is 34.9 Å². The van der Waals surface area contributed by atoms with Crippen molar-refractivity contribution < 1.29 is 9.90 Å². The molecule has 0 aliphatic carbocycles. The van der Waals surface area contributed by atoms with E-state index in [2.05, 4.69) is 0 Å². The normalized spacial score (nSPS) is 10.2. The van der Waals surface area contributed by atoms with Gasteiger partial charge in [-0.05, 0) is 25.1 Å². The Morgan fingerprint density at radius 1 is 1.31 bits per heavy atom. The zero-order valence-corrected chi connectivity index (χ0v) is 10.4. The first-order valence-electron chi connectivity index (χ1n) is 4.95. The van der Waals surface area contributed by atoms with Crippen LogP contribution in [0.3, 0.4) is 0 Å². The van der Waals surface area contributed by atoms with Gasteiger partial charge in [0.25, 0.3) is 0 Å². The summed E-state index contributed by atoms with van der Waals surface area (Å²) < 4.78 is 0. The van der Waals surface area contributed by atoms with Crippen molar-refractivity contribution in [2.24, 2.45) is 0 Å². The molecule has 0 atom stereocenters. The van der Waals surface area contributed by atoms with E-state index in [1.165, 1.54) is 0 Å². The number of benzene rings is 1. The molecule has 16 heavy (non-hydrogen) atoms. The molecule has 0 saturated heterocycles. The molecule has 3 nitrogen and oxygen atoms in total. The Bertz CT molecular complexity index is 362. The molecule has 0 aliphatic heterocycles. The van der Waals surface area contributed by atoms with Crippen molar-refractivity contribution in [3.63, 3.8) is 0 Å². The number of rotatable bonds is 5. The lowest BCUT2D eigenvalue weighted by Gasteiger charge is -2.22. The topological polar surface area (TPSA) is 40.5 Å². The highest BCUT2D eigenvalue weighted by molar-refractivity contribution is 6.35. The van der Waals surface area contributed by atoms with E-state index in [1.54, 1.807) is 18.2 Å². The van der Waals surface area contributed by atoms with E-state index in [0.717, 1.165) is 5.69 Å². The number of nitrogens with zero attached hydrogens (tertiary/aromatic N) is 1. The van der Waals surface area contributed by atoms with Gasteiger partial charge in [0, 0.05) is 28.8 Å². The molecule has 5 heteroatoms. The van der Waals surface area contributed by atoms with E-state index in [4.69, 9.17) is 28.3 Å². The van der Waals surface area contributed by atoms with Crippen LogP contribution in [0.2, 0.25) is 10.0 Å². The summed E-state index contributed by atoms with van der Waals surface area (Å²) in [6, 6.07) is 5.20. The van der Waals surface area contributed by atoms with E-state index in [-0.39, 0.29) is 6.42 Å². The van der Waals surface area contributed by atoms with Gasteiger partial charge in [0.05, 0.1) is 6.42 Å². The Hall–Kier alpha value is -0.930. The van der Waals surface area contributed by atoms with Gasteiger partial charge < -0.3 is 10.0 Å². The van der Waals surface area contributed by atoms with Gasteiger partial charge in [0.15, 0.2) is 0 Å². The van der Waals surface area contributed by atoms with Crippen molar-refractivity contribution in [3.8, 4) is 0 Å². The molecule has 1 aromatic rings. The number of halogens is 2. The highest BCUT2D eigenvalue weighted by Crippen LogP contribution is 2.25. The fraction of sp³-hybridized carbons (Fsp3) is 0.364. The lowest BCUT2D eigenvalue weighted by molar-refractivity contribution is -0.136. The van der Waals surface area contributed by atoms with Crippen LogP contribution in [0, 0.1) is 0 Å². The zero-order chi connectivity index (χ0) is 12.1. The molecule has 0 spiro atoms. The SMILES string of the molecule is CCN(CCC(=O)O)c1cc(Cl)cc(Cl)c1. The molecule has 0 radical (unpaired) electrons. The molecule has 1 rings (SSSR count). The molecule has 1 aromatic carbocycles. The molecule has 0 amide bonds. The predicted molar refractivity (Wildman–Crippen MR) is 66.6 cm³/mol. The Morgan fingerprint density at radius 3 is 2.31 bits per heavy atom. The smallest absolute Gasteiger partial charge is 0.305 e. The van der Waals surface area contributed by atoms with Crippen LogP contribution in [0.5, 0.6) is 0 Å². The molecule has 0 unspecified atom stereocenters. The molecule has 0 aromatic heterocycles.